The molecule has 4 aromatic rings. The quantitative estimate of drug-likeness (QED) is 0.408. The number of carbonyl (C=O) groups excluding carboxylic acids is 3. The fourth-order valence-corrected chi connectivity index (χ4v) is 4.04. The van der Waals surface area contributed by atoms with Crippen LogP contribution in [0.25, 0.3) is 5.65 Å². The molecule has 0 bridgehead atoms. The minimum atomic E-state index is -0.473. The van der Waals surface area contributed by atoms with Crippen molar-refractivity contribution in [3.05, 3.63) is 86.7 Å². The van der Waals surface area contributed by atoms with Crippen LogP contribution in [0.2, 0.25) is 0 Å². The summed E-state index contributed by atoms with van der Waals surface area (Å²) in [5.74, 6) is -1.25. The van der Waals surface area contributed by atoms with Gasteiger partial charge in [-0.25, -0.2) is 13.9 Å². The molecule has 2 N–H and O–H groups in total. The number of aryl methyl sites for hydroxylation is 1. The van der Waals surface area contributed by atoms with E-state index in [1.54, 1.807) is 37.3 Å². The van der Waals surface area contributed by atoms with Crippen molar-refractivity contribution in [3.63, 3.8) is 0 Å². The Morgan fingerprint density at radius 2 is 1.82 bits per heavy atom. The summed E-state index contributed by atoms with van der Waals surface area (Å²) in [6.07, 6.45) is 1.49. The first-order valence-corrected chi connectivity index (χ1v) is 10.9. The zero-order valence-electron chi connectivity index (χ0n) is 17.9. The SMILES string of the molecule is CC(=O)c1ccc(CNC(=O)c2cc(C(=O)NCc3ccc(F)c(C)c3)nc3ccnn23)s1. The summed E-state index contributed by atoms with van der Waals surface area (Å²) in [5, 5.41) is 9.65. The van der Waals surface area contributed by atoms with Crippen molar-refractivity contribution in [2.75, 3.05) is 0 Å². The topological polar surface area (TPSA) is 105 Å². The van der Waals surface area contributed by atoms with E-state index in [1.165, 1.54) is 41.1 Å². The van der Waals surface area contributed by atoms with Crippen LogP contribution in [0.15, 0.2) is 48.7 Å². The van der Waals surface area contributed by atoms with Gasteiger partial charge in [0.1, 0.15) is 17.2 Å². The molecule has 1 aromatic carbocycles. The maximum Gasteiger partial charge on any atom is 0.270 e. The Hall–Kier alpha value is -3.92. The van der Waals surface area contributed by atoms with Gasteiger partial charge in [0, 0.05) is 23.6 Å². The minimum absolute atomic E-state index is 0.0311. The molecule has 0 spiro atoms. The normalized spacial score (nSPS) is 10.9. The van der Waals surface area contributed by atoms with Gasteiger partial charge in [0.15, 0.2) is 11.4 Å². The van der Waals surface area contributed by atoms with Crippen molar-refractivity contribution < 1.29 is 18.8 Å². The Morgan fingerprint density at radius 3 is 2.55 bits per heavy atom. The number of halogens is 1. The zero-order valence-corrected chi connectivity index (χ0v) is 18.7. The smallest absolute Gasteiger partial charge is 0.270 e. The van der Waals surface area contributed by atoms with E-state index in [1.807, 2.05) is 0 Å². The predicted octanol–water partition coefficient (Wildman–Crippen LogP) is 3.30. The van der Waals surface area contributed by atoms with Crippen molar-refractivity contribution in [1.29, 1.82) is 0 Å². The number of hydrogen-bond acceptors (Lipinski definition) is 6. The van der Waals surface area contributed by atoms with Crippen LogP contribution in [0, 0.1) is 12.7 Å². The number of fused-ring (bicyclic) bond motifs is 1. The molecule has 0 fully saturated rings. The van der Waals surface area contributed by atoms with Crippen molar-refractivity contribution in [2.24, 2.45) is 0 Å². The Balaban J connectivity index is 1.50. The molecular formula is C23H20FN5O3S. The number of Topliss-reactive ketones (excluding diaryl/α,β-unsaturated/α-hetero) is 1. The Kier molecular flexibility index (Phi) is 6.27. The van der Waals surface area contributed by atoms with E-state index in [4.69, 9.17) is 0 Å². The second-order valence-electron chi connectivity index (χ2n) is 7.40. The molecule has 3 aromatic heterocycles. The third-order valence-electron chi connectivity index (χ3n) is 4.93. The van der Waals surface area contributed by atoms with E-state index >= 15 is 0 Å². The average Bonchev–Trinajstić information content (AvgIpc) is 3.47. The number of nitrogens with zero attached hydrogens (tertiary/aromatic N) is 3. The number of carbonyl (C=O) groups is 3. The van der Waals surface area contributed by atoms with Gasteiger partial charge in [-0.2, -0.15) is 5.10 Å². The lowest BCUT2D eigenvalue weighted by atomic mass is 10.1. The molecule has 33 heavy (non-hydrogen) atoms. The summed E-state index contributed by atoms with van der Waals surface area (Å²) in [6, 6.07) is 11.1. The van der Waals surface area contributed by atoms with Gasteiger partial charge >= 0.3 is 0 Å². The molecule has 0 aliphatic rings. The van der Waals surface area contributed by atoms with Crippen molar-refractivity contribution in [1.82, 2.24) is 25.2 Å². The van der Waals surface area contributed by atoms with Crippen molar-refractivity contribution >= 4 is 34.6 Å². The number of thiophene rings is 1. The summed E-state index contributed by atoms with van der Waals surface area (Å²) in [5.41, 5.74) is 1.78. The lowest BCUT2D eigenvalue weighted by Gasteiger charge is -2.10. The maximum atomic E-state index is 13.5. The first-order valence-electron chi connectivity index (χ1n) is 10.1. The number of amides is 2. The van der Waals surface area contributed by atoms with Crippen LogP contribution in [0.5, 0.6) is 0 Å². The molecule has 0 atom stereocenters. The standard InChI is InChI=1S/C23H20FN5O3S/c1-13-9-15(3-5-17(13)24)11-25-22(31)18-10-19(29-21(28-18)7-8-27-29)23(32)26-12-16-4-6-20(33-16)14(2)30/h3-10H,11-12H2,1-2H3,(H,25,31)(H,26,32). The molecule has 0 aliphatic heterocycles. The largest absolute Gasteiger partial charge is 0.347 e. The summed E-state index contributed by atoms with van der Waals surface area (Å²) in [4.78, 5) is 42.8. The molecule has 0 unspecified atom stereocenters. The van der Waals surface area contributed by atoms with Crippen LogP contribution in [-0.2, 0) is 13.1 Å². The number of benzene rings is 1. The minimum Gasteiger partial charge on any atom is -0.347 e. The highest BCUT2D eigenvalue weighted by atomic mass is 32.1. The van der Waals surface area contributed by atoms with Crippen LogP contribution in [0.3, 0.4) is 0 Å². The highest BCUT2D eigenvalue weighted by Gasteiger charge is 2.18. The lowest BCUT2D eigenvalue weighted by Crippen LogP contribution is -2.28. The van der Waals surface area contributed by atoms with Gasteiger partial charge in [0.05, 0.1) is 17.6 Å². The van der Waals surface area contributed by atoms with E-state index in [0.29, 0.717) is 16.1 Å². The molecule has 4 rings (SSSR count). The molecule has 168 valence electrons. The van der Waals surface area contributed by atoms with E-state index in [-0.39, 0.29) is 36.1 Å². The third-order valence-corrected chi connectivity index (χ3v) is 6.12. The Bertz CT molecular complexity index is 1380. The zero-order chi connectivity index (χ0) is 23.5. The summed E-state index contributed by atoms with van der Waals surface area (Å²) in [7, 11) is 0. The van der Waals surface area contributed by atoms with Gasteiger partial charge in [-0.05, 0) is 43.2 Å². The van der Waals surface area contributed by atoms with Gasteiger partial charge in [-0.3, -0.25) is 14.4 Å². The molecular weight excluding hydrogens is 445 g/mol. The number of ketones is 1. The molecule has 0 aliphatic carbocycles. The molecule has 0 saturated heterocycles. The molecule has 10 heteroatoms. The summed E-state index contributed by atoms with van der Waals surface area (Å²) in [6.45, 7) is 3.55. The number of rotatable bonds is 7. The van der Waals surface area contributed by atoms with E-state index in [2.05, 4.69) is 20.7 Å². The predicted molar refractivity (Wildman–Crippen MR) is 121 cm³/mol. The molecule has 0 saturated carbocycles. The second-order valence-corrected chi connectivity index (χ2v) is 8.57. The first kappa shape index (κ1) is 22.3. The summed E-state index contributed by atoms with van der Waals surface area (Å²) >= 11 is 1.31. The van der Waals surface area contributed by atoms with Crippen LogP contribution in [-0.4, -0.2) is 32.2 Å². The first-order chi connectivity index (χ1) is 15.8. The van der Waals surface area contributed by atoms with Gasteiger partial charge < -0.3 is 10.6 Å². The number of nitrogens with one attached hydrogen (secondary N) is 2. The Labute approximate surface area is 192 Å². The van der Waals surface area contributed by atoms with Crippen molar-refractivity contribution in [2.45, 2.75) is 26.9 Å². The molecule has 0 radical (unpaired) electrons. The van der Waals surface area contributed by atoms with Gasteiger partial charge in [0.2, 0.25) is 0 Å². The maximum absolute atomic E-state index is 13.5. The van der Waals surface area contributed by atoms with Gasteiger partial charge in [-0.1, -0.05) is 12.1 Å². The second kappa shape index (κ2) is 9.29. The average molecular weight is 466 g/mol. The Morgan fingerprint density at radius 1 is 1.03 bits per heavy atom. The number of aromatic nitrogens is 3. The fourth-order valence-electron chi connectivity index (χ4n) is 3.20. The molecule has 3 heterocycles. The third kappa shape index (κ3) is 4.96. The highest BCUT2D eigenvalue weighted by Crippen LogP contribution is 2.17. The summed E-state index contributed by atoms with van der Waals surface area (Å²) < 4.78 is 14.8. The van der Waals surface area contributed by atoms with Gasteiger partial charge in [-0.15, -0.1) is 11.3 Å². The fraction of sp³-hybridized carbons (Fsp3) is 0.174. The van der Waals surface area contributed by atoms with E-state index < -0.39 is 11.8 Å². The van der Waals surface area contributed by atoms with Crippen LogP contribution in [0.1, 0.15) is 53.6 Å². The molecule has 8 nitrogen and oxygen atoms in total. The lowest BCUT2D eigenvalue weighted by molar-refractivity contribution is 0.0941. The monoisotopic (exact) mass is 465 g/mol. The molecule has 2 amide bonds. The van der Waals surface area contributed by atoms with Crippen molar-refractivity contribution in [3.8, 4) is 0 Å². The van der Waals surface area contributed by atoms with Crippen LogP contribution < -0.4 is 10.6 Å². The van der Waals surface area contributed by atoms with Gasteiger partial charge in [0.25, 0.3) is 11.8 Å². The van der Waals surface area contributed by atoms with Crippen LogP contribution in [0.4, 0.5) is 4.39 Å². The van der Waals surface area contributed by atoms with E-state index in [9.17, 15) is 18.8 Å². The highest BCUT2D eigenvalue weighted by molar-refractivity contribution is 7.14. The number of hydrogen-bond donors (Lipinski definition) is 2. The van der Waals surface area contributed by atoms with Crippen LogP contribution >= 0.6 is 11.3 Å². The van der Waals surface area contributed by atoms with E-state index in [0.717, 1.165) is 10.4 Å².